The molecule has 25 heavy (non-hydrogen) atoms. The van der Waals surface area contributed by atoms with Gasteiger partial charge in [0.05, 0.1) is 11.4 Å². The third-order valence-corrected chi connectivity index (χ3v) is 4.70. The van der Waals surface area contributed by atoms with Crippen LogP contribution in [0.3, 0.4) is 0 Å². The first-order chi connectivity index (χ1) is 12.0. The van der Waals surface area contributed by atoms with Gasteiger partial charge in [0.2, 0.25) is 0 Å². The second-order valence-electron chi connectivity index (χ2n) is 6.49. The van der Waals surface area contributed by atoms with Gasteiger partial charge in [0.15, 0.2) is 6.10 Å². The molecule has 1 aliphatic heterocycles. The van der Waals surface area contributed by atoms with Crippen molar-refractivity contribution in [3.63, 3.8) is 0 Å². The number of amides is 1. The number of hydrogen-bond donors (Lipinski definition) is 2. The van der Waals surface area contributed by atoms with Gasteiger partial charge in [0.25, 0.3) is 5.91 Å². The molecular formula is C19H25N3O3. The molecule has 0 radical (unpaired) electrons. The summed E-state index contributed by atoms with van der Waals surface area (Å²) in [7, 11) is 0. The first kappa shape index (κ1) is 17.5. The van der Waals surface area contributed by atoms with E-state index in [0.29, 0.717) is 6.42 Å². The number of aryl methyl sites for hydroxylation is 2. The highest BCUT2D eigenvalue weighted by molar-refractivity contribution is 5.97. The lowest BCUT2D eigenvalue weighted by Gasteiger charge is -2.26. The van der Waals surface area contributed by atoms with Crippen molar-refractivity contribution in [1.29, 1.82) is 0 Å². The van der Waals surface area contributed by atoms with Gasteiger partial charge >= 0.3 is 0 Å². The topological polar surface area (TPSA) is 76.4 Å². The Morgan fingerprint density at radius 1 is 1.36 bits per heavy atom. The Bertz CT molecular complexity index is 750. The summed E-state index contributed by atoms with van der Waals surface area (Å²) < 4.78 is 11.0. The van der Waals surface area contributed by atoms with E-state index in [2.05, 4.69) is 22.7 Å². The van der Waals surface area contributed by atoms with Crippen LogP contribution in [0.1, 0.15) is 48.9 Å². The van der Waals surface area contributed by atoms with Crippen molar-refractivity contribution >= 4 is 11.6 Å². The summed E-state index contributed by atoms with van der Waals surface area (Å²) in [5.41, 5.74) is 3.99. The summed E-state index contributed by atoms with van der Waals surface area (Å²) in [6.07, 6.45) is 1.12. The van der Waals surface area contributed by atoms with Gasteiger partial charge < -0.3 is 19.9 Å². The Morgan fingerprint density at radius 3 is 2.84 bits per heavy atom. The van der Waals surface area contributed by atoms with E-state index in [0.717, 1.165) is 41.4 Å². The standard InChI is InChI=1S/C19H25N3O3/c1-5-17-19(23)21-16-7-6-14(10-18(16)24-17)11(2)20-9-8-15-12(3)22-25-13(15)4/h6-7,10-11,17,20H,5,8-9H2,1-4H3,(H,21,23). The highest BCUT2D eigenvalue weighted by Crippen LogP contribution is 2.33. The van der Waals surface area contributed by atoms with E-state index < -0.39 is 6.10 Å². The number of hydrogen-bond acceptors (Lipinski definition) is 5. The Labute approximate surface area is 147 Å². The highest BCUT2D eigenvalue weighted by Gasteiger charge is 2.26. The van der Waals surface area contributed by atoms with Crippen LogP contribution in [0.4, 0.5) is 5.69 Å². The Hall–Kier alpha value is -2.34. The minimum Gasteiger partial charge on any atom is -0.478 e. The summed E-state index contributed by atoms with van der Waals surface area (Å²) in [5, 5.41) is 10.4. The monoisotopic (exact) mass is 343 g/mol. The molecule has 6 heteroatoms. The van der Waals surface area contributed by atoms with Crippen LogP contribution in [0, 0.1) is 13.8 Å². The molecule has 1 aliphatic rings. The van der Waals surface area contributed by atoms with Crippen LogP contribution in [0.25, 0.3) is 0 Å². The van der Waals surface area contributed by atoms with Crippen LogP contribution < -0.4 is 15.4 Å². The van der Waals surface area contributed by atoms with Gasteiger partial charge in [0, 0.05) is 11.6 Å². The van der Waals surface area contributed by atoms with E-state index in [9.17, 15) is 4.79 Å². The van der Waals surface area contributed by atoms with Gasteiger partial charge in [-0.25, -0.2) is 0 Å². The Kier molecular flexibility index (Phi) is 5.08. The van der Waals surface area contributed by atoms with Crippen LogP contribution in [0.5, 0.6) is 5.75 Å². The number of rotatable bonds is 6. The van der Waals surface area contributed by atoms with E-state index in [-0.39, 0.29) is 11.9 Å². The maximum atomic E-state index is 11.9. The van der Waals surface area contributed by atoms with Gasteiger partial charge in [-0.2, -0.15) is 0 Å². The third kappa shape index (κ3) is 3.69. The van der Waals surface area contributed by atoms with Crippen LogP contribution in [-0.2, 0) is 11.2 Å². The average Bonchev–Trinajstić information content (AvgIpc) is 2.92. The maximum absolute atomic E-state index is 11.9. The maximum Gasteiger partial charge on any atom is 0.265 e. The van der Waals surface area contributed by atoms with Crippen molar-refractivity contribution in [2.24, 2.45) is 0 Å². The number of carbonyl (C=O) groups is 1. The first-order valence-corrected chi connectivity index (χ1v) is 8.76. The molecule has 1 aromatic carbocycles. The predicted octanol–water partition coefficient (Wildman–Crippen LogP) is 3.29. The van der Waals surface area contributed by atoms with Gasteiger partial charge in [0.1, 0.15) is 11.5 Å². The number of nitrogens with zero attached hydrogens (tertiary/aromatic N) is 1. The molecule has 2 atom stereocenters. The molecule has 2 N–H and O–H groups in total. The van der Waals surface area contributed by atoms with Crippen LogP contribution >= 0.6 is 0 Å². The van der Waals surface area contributed by atoms with E-state index in [1.54, 1.807) is 0 Å². The zero-order chi connectivity index (χ0) is 18.0. The fourth-order valence-electron chi connectivity index (χ4n) is 3.09. The lowest BCUT2D eigenvalue weighted by molar-refractivity contribution is -0.123. The van der Waals surface area contributed by atoms with Crippen molar-refractivity contribution in [1.82, 2.24) is 10.5 Å². The number of carbonyl (C=O) groups excluding carboxylic acids is 1. The number of nitrogens with one attached hydrogen (secondary N) is 2. The van der Waals surface area contributed by atoms with Gasteiger partial charge in [-0.3, -0.25) is 4.79 Å². The molecule has 6 nitrogen and oxygen atoms in total. The van der Waals surface area contributed by atoms with Crippen LogP contribution in [-0.4, -0.2) is 23.7 Å². The predicted molar refractivity (Wildman–Crippen MR) is 95.9 cm³/mol. The summed E-state index contributed by atoms with van der Waals surface area (Å²) in [6, 6.07) is 6.10. The van der Waals surface area contributed by atoms with Gasteiger partial charge in [-0.05, 0) is 57.9 Å². The van der Waals surface area contributed by atoms with E-state index in [1.807, 2.05) is 39.0 Å². The number of benzene rings is 1. The summed E-state index contributed by atoms with van der Waals surface area (Å²) in [6.45, 7) is 8.80. The molecule has 2 heterocycles. The van der Waals surface area contributed by atoms with Gasteiger partial charge in [-0.1, -0.05) is 18.1 Å². The fraction of sp³-hybridized carbons (Fsp3) is 0.474. The SMILES string of the molecule is CCC1Oc2cc(C(C)NCCc3c(C)noc3C)ccc2NC1=O. The number of aromatic nitrogens is 1. The van der Waals surface area contributed by atoms with Crippen molar-refractivity contribution in [3.05, 3.63) is 40.8 Å². The minimum absolute atomic E-state index is 0.0756. The number of fused-ring (bicyclic) bond motifs is 1. The molecule has 1 amide bonds. The molecule has 0 saturated carbocycles. The van der Waals surface area contributed by atoms with Crippen LogP contribution in [0.2, 0.25) is 0 Å². The van der Waals surface area contributed by atoms with Crippen molar-refractivity contribution in [3.8, 4) is 5.75 Å². The molecule has 0 aliphatic carbocycles. The first-order valence-electron chi connectivity index (χ1n) is 8.76. The Morgan fingerprint density at radius 2 is 2.16 bits per heavy atom. The van der Waals surface area contributed by atoms with Crippen molar-refractivity contribution in [2.75, 3.05) is 11.9 Å². The number of ether oxygens (including phenoxy) is 1. The molecule has 1 aromatic heterocycles. The lowest BCUT2D eigenvalue weighted by atomic mass is 10.0. The molecule has 0 saturated heterocycles. The summed E-state index contributed by atoms with van der Waals surface area (Å²) >= 11 is 0. The lowest BCUT2D eigenvalue weighted by Crippen LogP contribution is -2.36. The molecule has 134 valence electrons. The minimum atomic E-state index is -0.412. The van der Waals surface area contributed by atoms with Gasteiger partial charge in [-0.15, -0.1) is 0 Å². The molecule has 0 spiro atoms. The van der Waals surface area contributed by atoms with Crippen molar-refractivity contribution < 1.29 is 14.1 Å². The third-order valence-electron chi connectivity index (χ3n) is 4.70. The molecule has 0 fully saturated rings. The normalized spacial score (nSPS) is 17.6. The van der Waals surface area contributed by atoms with Crippen molar-refractivity contribution in [2.45, 2.75) is 52.7 Å². The average molecular weight is 343 g/mol. The summed E-state index contributed by atoms with van der Waals surface area (Å²) in [5.74, 6) is 1.55. The van der Waals surface area contributed by atoms with E-state index in [4.69, 9.17) is 9.26 Å². The van der Waals surface area contributed by atoms with E-state index in [1.165, 1.54) is 5.56 Å². The molecule has 2 unspecified atom stereocenters. The zero-order valence-electron chi connectivity index (χ0n) is 15.2. The smallest absolute Gasteiger partial charge is 0.265 e. The van der Waals surface area contributed by atoms with E-state index >= 15 is 0 Å². The molecule has 2 aromatic rings. The second kappa shape index (κ2) is 7.27. The molecule has 0 bridgehead atoms. The molecule has 3 rings (SSSR count). The number of anilines is 1. The summed E-state index contributed by atoms with van der Waals surface area (Å²) in [4.78, 5) is 11.9. The molecular weight excluding hydrogens is 318 g/mol. The zero-order valence-corrected chi connectivity index (χ0v) is 15.2. The highest BCUT2D eigenvalue weighted by atomic mass is 16.5. The quantitative estimate of drug-likeness (QED) is 0.842. The Balaban J connectivity index is 1.63. The largest absolute Gasteiger partial charge is 0.478 e. The fourth-order valence-corrected chi connectivity index (χ4v) is 3.09. The second-order valence-corrected chi connectivity index (χ2v) is 6.49. The van der Waals surface area contributed by atoms with Crippen LogP contribution in [0.15, 0.2) is 22.7 Å².